The molecule has 1 fully saturated rings. The molecular formula is C13H24O3S. The molecule has 0 heterocycles. The van der Waals surface area contributed by atoms with E-state index in [9.17, 15) is 14.1 Å². The van der Waals surface area contributed by atoms with Crippen LogP contribution in [0.5, 0.6) is 0 Å². The van der Waals surface area contributed by atoms with Crippen LogP contribution in [-0.4, -0.2) is 25.8 Å². The second-order valence-corrected chi connectivity index (χ2v) is 7.70. The molecule has 0 aromatic heterocycles. The Morgan fingerprint density at radius 1 is 1.18 bits per heavy atom. The minimum absolute atomic E-state index is 0.0669. The lowest BCUT2D eigenvalue weighted by Crippen LogP contribution is -2.39. The molecule has 0 aromatic carbocycles. The van der Waals surface area contributed by atoms with E-state index in [4.69, 9.17) is 0 Å². The van der Waals surface area contributed by atoms with E-state index in [1.807, 2.05) is 13.8 Å². The van der Waals surface area contributed by atoms with Crippen molar-refractivity contribution in [3.63, 3.8) is 0 Å². The first-order valence-corrected chi connectivity index (χ1v) is 7.72. The topological polar surface area (TPSA) is 54.4 Å². The van der Waals surface area contributed by atoms with Crippen molar-refractivity contribution in [1.29, 1.82) is 0 Å². The fourth-order valence-electron chi connectivity index (χ4n) is 2.92. The van der Waals surface area contributed by atoms with Crippen molar-refractivity contribution < 1.29 is 14.1 Å². The fraction of sp³-hybridized carbons (Fsp3) is 0.923. The van der Waals surface area contributed by atoms with Crippen LogP contribution < -0.4 is 0 Å². The van der Waals surface area contributed by atoms with Crippen molar-refractivity contribution >= 4 is 16.8 Å². The molecule has 0 radical (unpaired) electrons. The Kier molecular flexibility index (Phi) is 5.17. The first kappa shape index (κ1) is 14.7. The molecule has 1 rings (SSSR count). The summed E-state index contributed by atoms with van der Waals surface area (Å²) >= 11 is 0. The second-order valence-electron chi connectivity index (χ2n) is 5.87. The summed E-state index contributed by atoms with van der Waals surface area (Å²) in [6, 6.07) is 0. The number of hydrogen-bond donors (Lipinski definition) is 1. The van der Waals surface area contributed by atoms with Crippen LogP contribution in [0, 0.1) is 17.8 Å². The molecule has 0 bridgehead atoms. The van der Waals surface area contributed by atoms with Gasteiger partial charge in [-0.2, -0.15) is 0 Å². The highest BCUT2D eigenvalue weighted by Crippen LogP contribution is 2.33. The minimum Gasteiger partial charge on any atom is -0.480 e. The monoisotopic (exact) mass is 260 g/mol. The Labute approximate surface area is 106 Å². The number of carboxylic acids is 1. The Balaban J connectivity index is 2.76. The molecule has 0 aromatic rings. The highest BCUT2D eigenvalue weighted by Gasteiger charge is 2.36. The largest absolute Gasteiger partial charge is 0.480 e. The van der Waals surface area contributed by atoms with E-state index in [0.29, 0.717) is 11.8 Å². The third kappa shape index (κ3) is 3.80. The highest BCUT2D eigenvalue weighted by atomic mass is 32.2. The SMILES string of the molecule is CC1CC(C)CC(S(=O)C(C(=O)O)C(C)C)C1. The first-order valence-electron chi connectivity index (χ1n) is 6.45. The molecule has 0 saturated heterocycles. The van der Waals surface area contributed by atoms with Gasteiger partial charge in [-0.25, -0.2) is 0 Å². The number of rotatable bonds is 4. The summed E-state index contributed by atoms with van der Waals surface area (Å²) in [5, 5.41) is 8.54. The van der Waals surface area contributed by atoms with Crippen LogP contribution in [-0.2, 0) is 15.6 Å². The molecule has 1 aliphatic rings. The lowest BCUT2D eigenvalue weighted by molar-refractivity contribution is -0.137. The van der Waals surface area contributed by atoms with Gasteiger partial charge in [-0.15, -0.1) is 0 Å². The Morgan fingerprint density at radius 3 is 2.00 bits per heavy atom. The van der Waals surface area contributed by atoms with Gasteiger partial charge >= 0.3 is 5.97 Å². The van der Waals surface area contributed by atoms with E-state index in [1.165, 1.54) is 6.42 Å². The Bertz CT molecular complexity index is 291. The lowest BCUT2D eigenvalue weighted by atomic mass is 9.83. The molecule has 17 heavy (non-hydrogen) atoms. The van der Waals surface area contributed by atoms with Gasteiger partial charge in [-0.3, -0.25) is 9.00 Å². The van der Waals surface area contributed by atoms with Gasteiger partial charge in [0.15, 0.2) is 0 Å². The molecule has 4 heteroatoms. The maximum absolute atomic E-state index is 12.4. The Morgan fingerprint density at radius 2 is 1.65 bits per heavy atom. The van der Waals surface area contributed by atoms with Gasteiger partial charge in [-0.05, 0) is 37.0 Å². The summed E-state index contributed by atoms with van der Waals surface area (Å²) < 4.78 is 12.4. The minimum atomic E-state index is -1.25. The number of hydrogen-bond acceptors (Lipinski definition) is 2. The van der Waals surface area contributed by atoms with E-state index in [2.05, 4.69) is 13.8 Å². The van der Waals surface area contributed by atoms with E-state index >= 15 is 0 Å². The van der Waals surface area contributed by atoms with Gasteiger partial charge in [0, 0.05) is 16.0 Å². The average molecular weight is 260 g/mol. The molecule has 1 N–H and O–H groups in total. The van der Waals surface area contributed by atoms with E-state index in [0.717, 1.165) is 12.8 Å². The predicted octanol–water partition coefficient (Wildman–Crippen LogP) is 2.67. The number of carbonyl (C=O) groups is 1. The Hall–Kier alpha value is -0.380. The van der Waals surface area contributed by atoms with Gasteiger partial charge in [0.2, 0.25) is 0 Å². The highest BCUT2D eigenvalue weighted by molar-refractivity contribution is 7.87. The third-order valence-corrected chi connectivity index (χ3v) is 5.85. The van der Waals surface area contributed by atoms with Crippen molar-refractivity contribution in [2.45, 2.75) is 57.5 Å². The first-order chi connectivity index (χ1) is 7.82. The van der Waals surface area contributed by atoms with Crippen molar-refractivity contribution in [2.24, 2.45) is 17.8 Å². The van der Waals surface area contributed by atoms with Crippen LogP contribution in [0.4, 0.5) is 0 Å². The van der Waals surface area contributed by atoms with Gasteiger partial charge in [-0.1, -0.05) is 27.7 Å². The normalized spacial score (nSPS) is 33.4. The van der Waals surface area contributed by atoms with Crippen LogP contribution in [0.15, 0.2) is 0 Å². The zero-order chi connectivity index (χ0) is 13.2. The number of aliphatic carboxylic acids is 1. The van der Waals surface area contributed by atoms with Crippen LogP contribution in [0.25, 0.3) is 0 Å². The summed E-state index contributed by atoms with van der Waals surface area (Å²) in [6.07, 6.45) is 2.99. The molecule has 0 amide bonds. The zero-order valence-corrected chi connectivity index (χ0v) is 12.0. The van der Waals surface area contributed by atoms with Crippen LogP contribution in [0.3, 0.4) is 0 Å². The zero-order valence-electron chi connectivity index (χ0n) is 11.2. The van der Waals surface area contributed by atoms with E-state index in [1.54, 1.807) is 0 Å². The molecular weight excluding hydrogens is 236 g/mol. The maximum Gasteiger partial charge on any atom is 0.319 e. The average Bonchev–Trinajstić information content (AvgIpc) is 2.14. The molecule has 100 valence electrons. The van der Waals surface area contributed by atoms with Crippen molar-refractivity contribution in [3.8, 4) is 0 Å². The summed E-state index contributed by atoms with van der Waals surface area (Å²) in [5.74, 6) is 0.147. The summed E-state index contributed by atoms with van der Waals surface area (Å²) in [5.41, 5.74) is 0. The summed E-state index contributed by atoms with van der Waals surface area (Å²) in [4.78, 5) is 11.2. The molecule has 0 aliphatic heterocycles. The van der Waals surface area contributed by atoms with Crippen molar-refractivity contribution in [1.82, 2.24) is 0 Å². The summed E-state index contributed by atoms with van der Waals surface area (Å²) in [6.45, 7) is 8.02. The van der Waals surface area contributed by atoms with Crippen LogP contribution in [0.1, 0.15) is 47.0 Å². The van der Waals surface area contributed by atoms with Gasteiger partial charge < -0.3 is 5.11 Å². The van der Waals surface area contributed by atoms with E-state index < -0.39 is 22.0 Å². The maximum atomic E-state index is 12.4. The fourth-order valence-corrected chi connectivity index (χ4v) is 5.11. The quantitative estimate of drug-likeness (QED) is 0.845. The standard InChI is InChI=1S/C13H24O3S/c1-8(2)12(13(14)15)17(16)11-6-9(3)5-10(4)7-11/h8-12H,5-7H2,1-4H3,(H,14,15). The predicted molar refractivity (Wildman–Crippen MR) is 70.4 cm³/mol. The lowest BCUT2D eigenvalue weighted by Gasteiger charge is -2.33. The van der Waals surface area contributed by atoms with Gasteiger partial charge in [0.05, 0.1) is 0 Å². The van der Waals surface area contributed by atoms with Crippen LogP contribution in [0.2, 0.25) is 0 Å². The van der Waals surface area contributed by atoms with E-state index in [-0.39, 0.29) is 11.2 Å². The molecule has 0 spiro atoms. The molecule has 1 saturated carbocycles. The van der Waals surface area contributed by atoms with Gasteiger partial charge in [0.25, 0.3) is 0 Å². The van der Waals surface area contributed by atoms with Gasteiger partial charge in [0.1, 0.15) is 5.25 Å². The van der Waals surface area contributed by atoms with Crippen molar-refractivity contribution in [2.75, 3.05) is 0 Å². The molecule has 1 aliphatic carbocycles. The molecule has 3 nitrogen and oxygen atoms in total. The second kappa shape index (κ2) is 5.98. The smallest absolute Gasteiger partial charge is 0.319 e. The van der Waals surface area contributed by atoms with Crippen LogP contribution >= 0.6 is 0 Å². The number of carboxylic acid groups (broad SMARTS) is 1. The molecule has 4 unspecified atom stereocenters. The summed E-state index contributed by atoms with van der Waals surface area (Å²) in [7, 11) is -1.25. The molecule has 4 atom stereocenters. The van der Waals surface area contributed by atoms with Crippen molar-refractivity contribution in [3.05, 3.63) is 0 Å². The third-order valence-electron chi connectivity index (χ3n) is 3.56.